The summed E-state index contributed by atoms with van der Waals surface area (Å²) >= 11 is 9.33. The Bertz CT molecular complexity index is 1210. The number of nitrogens with zero attached hydrogens (tertiary/aromatic N) is 3. The average Bonchev–Trinajstić information content (AvgIpc) is 3.27. The highest BCUT2D eigenvalue weighted by Gasteiger charge is 2.40. The predicted molar refractivity (Wildman–Crippen MR) is 128 cm³/mol. The third kappa shape index (κ3) is 3.31. The molecule has 2 aliphatic rings. The third-order valence-corrected chi connectivity index (χ3v) is 7.51. The molecule has 0 aliphatic carbocycles. The van der Waals surface area contributed by atoms with E-state index in [1.54, 1.807) is 22.7 Å². The van der Waals surface area contributed by atoms with Crippen LogP contribution in [0.15, 0.2) is 98.7 Å². The molecule has 3 aromatic carbocycles. The van der Waals surface area contributed by atoms with Crippen LogP contribution in [0.4, 0.5) is 17.1 Å². The van der Waals surface area contributed by atoms with E-state index in [9.17, 15) is 4.79 Å². The molecule has 30 heavy (non-hydrogen) atoms. The zero-order valence-corrected chi connectivity index (χ0v) is 18.3. The Morgan fingerprint density at radius 2 is 1.57 bits per heavy atom. The summed E-state index contributed by atoms with van der Waals surface area (Å²) in [5.41, 5.74) is 2.51. The number of carbonyl (C=O) groups excluding carboxylic acids is 1. The number of thioether (sulfide) groups is 2. The van der Waals surface area contributed by atoms with Gasteiger partial charge in [-0.15, -0.1) is 0 Å². The lowest BCUT2D eigenvalue weighted by molar-refractivity contribution is -0.113. The number of fused-ring (bicyclic) bond motifs is 1. The topological polar surface area (TPSA) is 35.9 Å². The lowest BCUT2D eigenvalue weighted by Gasteiger charge is -2.16. The van der Waals surface area contributed by atoms with Crippen molar-refractivity contribution >= 4 is 63.3 Å². The monoisotopic (exact) mass is 449 g/mol. The Kier molecular flexibility index (Phi) is 5.06. The van der Waals surface area contributed by atoms with Gasteiger partial charge < -0.3 is 4.90 Å². The summed E-state index contributed by atoms with van der Waals surface area (Å²) in [5, 5.41) is 2.05. The second-order valence-electron chi connectivity index (χ2n) is 6.69. The number of amidine groups is 1. The van der Waals surface area contributed by atoms with Gasteiger partial charge in [-0.2, -0.15) is 0 Å². The molecule has 1 amide bonds. The lowest BCUT2D eigenvalue weighted by atomic mass is 10.3. The van der Waals surface area contributed by atoms with Gasteiger partial charge in [-0.1, -0.05) is 65.8 Å². The summed E-state index contributed by atoms with van der Waals surface area (Å²) < 4.78 is 0. The van der Waals surface area contributed by atoms with E-state index in [-0.39, 0.29) is 5.91 Å². The number of halogens is 1. The number of benzene rings is 3. The number of anilines is 2. The fourth-order valence-corrected chi connectivity index (χ4v) is 5.85. The molecule has 0 saturated carbocycles. The number of hydrogen-bond donors (Lipinski definition) is 0. The van der Waals surface area contributed by atoms with Gasteiger partial charge in [-0.25, -0.2) is 4.99 Å². The van der Waals surface area contributed by atoms with Crippen LogP contribution in [0.3, 0.4) is 0 Å². The fraction of sp³-hybridized carbons (Fsp3) is 0.0435. The van der Waals surface area contributed by atoms with Crippen LogP contribution in [0.1, 0.15) is 0 Å². The highest BCUT2D eigenvalue weighted by molar-refractivity contribution is 8.20. The normalized spacial score (nSPS) is 19.7. The van der Waals surface area contributed by atoms with Gasteiger partial charge in [0.05, 0.1) is 27.1 Å². The van der Waals surface area contributed by atoms with Crippen LogP contribution >= 0.6 is 35.1 Å². The molecule has 0 radical (unpaired) electrons. The molecule has 2 aliphatic heterocycles. The highest BCUT2D eigenvalue weighted by atomic mass is 35.5. The molecule has 0 N–H and O–H groups in total. The Labute approximate surface area is 188 Å². The van der Waals surface area contributed by atoms with Gasteiger partial charge in [0.15, 0.2) is 5.17 Å². The van der Waals surface area contributed by atoms with Crippen molar-refractivity contribution in [3.8, 4) is 0 Å². The van der Waals surface area contributed by atoms with Gasteiger partial charge >= 0.3 is 0 Å². The fourth-order valence-electron chi connectivity index (χ4n) is 3.33. The summed E-state index contributed by atoms with van der Waals surface area (Å²) in [6, 6.07) is 25.1. The van der Waals surface area contributed by atoms with Gasteiger partial charge in [0.2, 0.25) is 0 Å². The van der Waals surface area contributed by atoms with E-state index in [1.807, 2.05) is 67.7 Å². The predicted octanol–water partition coefficient (Wildman–Crippen LogP) is 6.52. The minimum absolute atomic E-state index is 0.0841. The molecule has 0 atom stereocenters. The molecular formula is C23H16ClN3OS2. The molecule has 4 nitrogen and oxygen atoms in total. The molecule has 1 saturated heterocycles. The number of rotatable bonds is 2. The minimum atomic E-state index is -0.0841. The highest BCUT2D eigenvalue weighted by Crippen LogP contribution is 2.50. The minimum Gasteiger partial charge on any atom is -0.337 e. The quantitative estimate of drug-likeness (QED) is 0.417. The molecule has 1 fully saturated rings. The molecule has 0 unspecified atom stereocenters. The van der Waals surface area contributed by atoms with Crippen LogP contribution in [0.5, 0.6) is 0 Å². The maximum absolute atomic E-state index is 13.6. The molecule has 7 heteroatoms. The Hall–Kier alpha value is -2.67. The summed E-state index contributed by atoms with van der Waals surface area (Å²) in [5.74, 6) is -0.0841. The second-order valence-corrected chi connectivity index (χ2v) is 9.10. The third-order valence-electron chi connectivity index (χ3n) is 4.80. The van der Waals surface area contributed by atoms with Crippen molar-refractivity contribution in [3.05, 3.63) is 93.8 Å². The Balaban J connectivity index is 1.63. The van der Waals surface area contributed by atoms with Crippen LogP contribution < -0.4 is 9.80 Å². The average molecular weight is 450 g/mol. The molecular weight excluding hydrogens is 434 g/mol. The number of hydrogen-bond acceptors (Lipinski definition) is 5. The smallest absolute Gasteiger partial charge is 0.274 e. The molecule has 0 bridgehead atoms. The molecule has 0 aromatic heterocycles. The number of para-hydroxylation sites is 3. The van der Waals surface area contributed by atoms with Gasteiger partial charge in [0.1, 0.15) is 4.91 Å². The maximum Gasteiger partial charge on any atom is 0.274 e. The van der Waals surface area contributed by atoms with Crippen LogP contribution in [-0.2, 0) is 4.79 Å². The Morgan fingerprint density at radius 3 is 2.33 bits per heavy atom. The molecule has 0 spiro atoms. The number of carbonyl (C=O) groups is 1. The van der Waals surface area contributed by atoms with Gasteiger partial charge in [-0.3, -0.25) is 9.69 Å². The van der Waals surface area contributed by atoms with E-state index < -0.39 is 0 Å². The van der Waals surface area contributed by atoms with E-state index >= 15 is 0 Å². The van der Waals surface area contributed by atoms with Crippen molar-refractivity contribution in [1.82, 2.24) is 0 Å². The van der Waals surface area contributed by atoms with Crippen LogP contribution in [-0.4, -0.2) is 18.1 Å². The number of aliphatic imine (C=N–C) groups is 1. The first-order valence-electron chi connectivity index (χ1n) is 9.29. The van der Waals surface area contributed by atoms with Gasteiger partial charge in [-0.05, 0) is 48.2 Å². The van der Waals surface area contributed by atoms with Crippen molar-refractivity contribution in [2.24, 2.45) is 4.99 Å². The zero-order valence-electron chi connectivity index (χ0n) is 15.9. The van der Waals surface area contributed by atoms with E-state index in [1.165, 1.54) is 11.8 Å². The zero-order chi connectivity index (χ0) is 20.7. The van der Waals surface area contributed by atoms with Crippen molar-refractivity contribution in [2.75, 3.05) is 16.8 Å². The van der Waals surface area contributed by atoms with E-state index in [4.69, 9.17) is 16.6 Å². The summed E-state index contributed by atoms with van der Waals surface area (Å²) in [7, 11) is 1.99. The van der Waals surface area contributed by atoms with Crippen LogP contribution in [0.25, 0.3) is 0 Å². The first kappa shape index (κ1) is 19.3. The lowest BCUT2D eigenvalue weighted by Crippen LogP contribution is -2.29. The largest absolute Gasteiger partial charge is 0.337 e. The van der Waals surface area contributed by atoms with E-state index in [2.05, 4.69) is 17.0 Å². The maximum atomic E-state index is 13.6. The van der Waals surface area contributed by atoms with Gasteiger partial charge in [0.25, 0.3) is 5.91 Å². The summed E-state index contributed by atoms with van der Waals surface area (Å²) in [6.07, 6.45) is 0. The first-order chi connectivity index (χ1) is 14.6. The molecule has 3 aromatic rings. The van der Waals surface area contributed by atoms with E-state index in [0.717, 1.165) is 21.3 Å². The van der Waals surface area contributed by atoms with E-state index in [0.29, 0.717) is 20.8 Å². The molecule has 148 valence electrons. The van der Waals surface area contributed by atoms with Crippen LogP contribution in [0, 0.1) is 0 Å². The number of amides is 1. The van der Waals surface area contributed by atoms with Crippen molar-refractivity contribution < 1.29 is 4.79 Å². The van der Waals surface area contributed by atoms with Crippen LogP contribution in [0.2, 0.25) is 5.02 Å². The molecule has 5 rings (SSSR count). The van der Waals surface area contributed by atoms with Crippen molar-refractivity contribution in [3.63, 3.8) is 0 Å². The Morgan fingerprint density at radius 1 is 0.867 bits per heavy atom. The summed E-state index contributed by atoms with van der Waals surface area (Å²) in [4.78, 5) is 23.9. The standard InChI is InChI=1S/C23H16ClN3OS2/c1-26-18-13-7-8-14-19(18)29-22(26)20-21(28)27(15-9-3-2-4-10-15)23(30-20)25-17-12-6-5-11-16(17)24/h2-14H,1H3/b22-20-,25-23?. The molecule has 2 heterocycles. The van der Waals surface area contributed by atoms with Crippen molar-refractivity contribution in [2.45, 2.75) is 4.90 Å². The first-order valence-corrected chi connectivity index (χ1v) is 11.3. The SMILES string of the molecule is CN1/C(=C2/SC(=Nc3ccccc3Cl)N(c3ccccc3)C2=O)Sc2ccccc21. The summed E-state index contributed by atoms with van der Waals surface area (Å²) in [6.45, 7) is 0. The van der Waals surface area contributed by atoms with Crippen molar-refractivity contribution in [1.29, 1.82) is 0 Å². The van der Waals surface area contributed by atoms with Gasteiger partial charge in [0, 0.05) is 11.9 Å². The second kappa shape index (κ2) is 7.87.